The molecule has 1 N–H and O–H groups in total. The lowest BCUT2D eigenvalue weighted by atomic mass is 9.84. The number of ether oxygens (including phenoxy) is 1. The van der Waals surface area contributed by atoms with Gasteiger partial charge in [-0.25, -0.2) is 4.39 Å². The topological polar surface area (TPSA) is 38.3 Å². The Labute approximate surface area is 126 Å². The Morgan fingerprint density at radius 2 is 1.95 bits per heavy atom. The first-order valence-corrected chi connectivity index (χ1v) is 7.62. The third-order valence-electron chi connectivity index (χ3n) is 3.40. The molecule has 1 aliphatic heterocycles. The highest BCUT2D eigenvalue weighted by Crippen LogP contribution is 2.35. The molecule has 1 unspecified atom stereocenters. The molecule has 1 aromatic carbocycles. The van der Waals surface area contributed by atoms with E-state index in [9.17, 15) is 9.18 Å². The van der Waals surface area contributed by atoms with Gasteiger partial charge in [-0.2, -0.15) is 0 Å². The van der Waals surface area contributed by atoms with Crippen LogP contribution in [0.1, 0.15) is 25.3 Å². The number of esters is 1. The van der Waals surface area contributed by atoms with Crippen LogP contribution in [0, 0.1) is 5.82 Å². The maximum Gasteiger partial charge on any atom is 0.319 e. The molecule has 0 saturated carbocycles. The Kier molecular flexibility index (Phi) is 4.78. The van der Waals surface area contributed by atoms with E-state index in [1.54, 1.807) is 12.1 Å². The van der Waals surface area contributed by atoms with Crippen LogP contribution < -0.4 is 5.32 Å². The Bertz CT molecular complexity index is 441. The van der Waals surface area contributed by atoms with Gasteiger partial charge in [0, 0.05) is 12.8 Å². The average Bonchev–Trinajstić information content (AvgIpc) is 2.40. The number of alkyl halides is 1. The quantitative estimate of drug-likeness (QED) is 0.500. The van der Waals surface area contributed by atoms with Crippen LogP contribution in [0.5, 0.6) is 0 Å². The molecule has 3 nitrogen and oxygen atoms in total. The summed E-state index contributed by atoms with van der Waals surface area (Å²) in [4.78, 5) is 11.9. The van der Waals surface area contributed by atoms with Crippen molar-refractivity contribution in [2.24, 2.45) is 0 Å². The van der Waals surface area contributed by atoms with Gasteiger partial charge in [0.25, 0.3) is 0 Å². The van der Waals surface area contributed by atoms with E-state index in [0.717, 1.165) is 18.7 Å². The molecule has 0 radical (unpaired) electrons. The number of rotatable bonds is 3. The van der Waals surface area contributed by atoms with E-state index in [-0.39, 0.29) is 15.7 Å². The molecule has 1 aromatic rings. The van der Waals surface area contributed by atoms with Crippen molar-refractivity contribution >= 4 is 28.6 Å². The standard InChI is InChI=1S/C14H17FINO2/c1-10(16)13(18)19-14(6-8-17-9-7-14)11-2-4-12(15)5-3-11/h2-5,10,17H,6-9H2,1H3. The van der Waals surface area contributed by atoms with Gasteiger partial charge in [0.15, 0.2) is 0 Å². The van der Waals surface area contributed by atoms with Crippen LogP contribution in [0.15, 0.2) is 24.3 Å². The minimum Gasteiger partial charge on any atom is -0.453 e. The smallest absolute Gasteiger partial charge is 0.319 e. The van der Waals surface area contributed by atoms with Crippen LogP contribution in [-0.2, 0) is 15.1 Å². The molecule has 5 heteroatoms. The average molecular weight is 377 g/mol. The third-order valence-corrected chi connectivity index (χ3v) is 3.91. The number of piperidine rings is 1. The molecule has 19 heavy (non-hydrogen) atoms. The number of carbonyl (C=O) groups is 1. The number of hydrogen-bond donors (Lipinski definition) is 1. The fourth-order valence-electron chi connectivity index (χ4n) is 2.31. The summed E-state index contributed by atoms with van der Waals surface area (Å²) in [5, 5.41) is 3.26. The molecule has 0 aliphatic carbocycles. The number of carbonyl (C=O) groups excluding carboxylic acids is 1. The molecule has 1 fully saturated rings. The van der Waals surface area contributed by atoms with Crippen molar-refractivity contribution in [1.82, 2.24) is 5.32 Å². The summed E-state index contributed by atoms with van der Waals surface area (Å²) in [5.74, 6) is -0.492. The van der Waals surface area contributed by atoms with E-state index in [4.69, 9.17) is 4.74 Å². The summed E-state index contributed by atoms with van der Waals surface area (Å²) >= 11 is 2.05. The molecule has 104 valence electrons. The van der Waals surface area contributed by atoms with Crippen molar-refractivity contribution in [3.63, 3.8) is 0 Å². The second-order valence-corrected chi connectivity index (χ2v) is 6.66. The van der Waals surface area contributed by atoms with Gasteiger partial charge < -0.3 is 10.1 Å². The van der Waals surface area contributed by atoms with E-state index in [2.05, 4.69) is 5.32 Å². The molecule has 1 saturated heterocycles. The van der Waals surface area contributed by atoms with E-state index in [1.165, 1.54) is 12.1 Å². The van der Waals surface area contributed by atoms with Crippen molar-refractivity contribution in [2.45, 2.75) is 29.3 Å². The van der Waals surface area contributed by atoms with E-state index < -0.39 is 5.60 Å². The number of halogens is 2. The highest BCUT2D eigenvalue weighted by molar-refractivity contribution is 14.1. The van der Waals surface area contributed by atoms with Crippen LogP contribution in [0.25, 0.3) is 0 Å². The van der Waals surface area contributed by atoms with Crippen LogP contribution in [0.4, 0.5) is 4.39 Å². The predicted octanol–water partition coefficient (Wildman–Crippen LogP) is 2.77. The summed E-state index contributed by atoms with van der Waals surface area (Å²) in [6.07, 6.45) is 1.43. The molecular weight excluding hydrogens is 360 g/mol. The zero-order chi connectivity index (χ0) is 13.9. The van der Waals surface area contributed by atoms with Crippen molar-refractivity contribution in [3.8, 4) is 0 Å². The van der Waals surface area contributed by atoms with Gasteiger partial charge in [-0.05, 0) is 37.7 Å². The zero-order valence-corrected chi connectivity index (χ0v) is 12.9. The fraction of sp³-hybridized carbons (Fsp3) is 0.500. The van der Waals surface area contributed by atoms with Gasteiger partial charge >= 0.3 is 5.97 Å². The second-order valence-electron chi connectivity index (χ2n) is 4.79. The maximum absolute atomic E-state index is 13.0. The summed E-state index contributed by atoms with van der Waals surface area (Å²) in [7, 11) is 0. The minimum absolute atomic E-state index is 0.190. The SMILES string of the molecule is CC(I)C(=O)OC1(c2ccc(F)cc2)CCNCC1. The lowest BCUT2D eigenvalue weighted by Gasteiger charge is -2.38. The van der Waals surface area contributed by atoms with Gasteiger partial charge in [0.05, 0.1) is 0 Å². The molecule has 0 aromatic heterocycles. The second kappa shape index (κ2) is 6.17. The Balaban J connectivity index is 2.28. The number of hydrogen-bond acceptors (Lipinski definition) is 3. The highest BCUT2D eigenvalue weighted by atomic mass is 127. The first-order chi connectivity index (χ1) is 9.03. The van der Waals surface area contributed by atoms with E-state index in [0.29, 0.717) is 12.8 Å². The maximum atomic E-state index is 13.0. The normalized spacial score (nSPS) is 19.7. The van der Waals surface area contributed by atoms with Crippen molar-refractivity contribution < 1.29 is 13.9 Å². The lowest BCUT2D eigenvalue weighted by Crippen LogP contribution is -2.44. The lowest BCUT2D eigenvalue weighted by molar-refractivity contribution is -0.162. The Hall–Kier alpha value is -0.690. The molecule has 0 amide bonds. The Morgan fingerprint density at radius 3 is 2.47 bits per heavy atom. The molecule has 1 atom stereocenters. The van der Waals surface area contributed by atoms with E-state index in [1.807, 2.05) is 29.5 Å². The molecule has 1 aliphatic rings. The van der Waals surface area contributed by atoms with Crippen molar-refractivity contribution in [2.75, 3.05) is 13.1 Å². The summed E-state index contributed by atoms with van der Waals surface area (Å²) in [6.45, 7) is 3.39. The van der Waals surface area contributed by atoms with Gasteiger partial charge in [0.2, 0.25) is 0 Å². The Morgan fingerprint density at radius 1 is 1.37 bits per heavy atom. The predicted molar refractivity (Wildman–Crippen MR) is 79.8 cm³/mol. The van der Waals surface area contributed by atoms with Gasteiger partial charge in [-0.15, -0.1) is 0 Å². The molecule has 1 heterocycles. The summed E-state index contributed by atoms with van der Waals surface area (Å²) in [5.41, 5.74) is 0.260. The minimum atomic E-state index is -0.616. The molecule has 0 bridgehead atoms. The first kappa shape index (κ1) is 14.7. The number of nitrogens with one attached hydrogen (secondary N) is 1. The van der Waals surface area contributed by atoms with Crippen LogP contribution in [0.3, 0.4) is 0 Å². The molecule has 0 spiro atoms. The van der Waals surface area contributed by atoms with Gasteiger partial charge in [-0.1, -0.05) is 34.7 Å². The first-order valence-electron chi connectivity index (χ1n) is 6.37. The largest absolute Gasteiger partial charge is 0.453 e. The molecule has 2 rings (SSSR count). The fourth-order valence-corrected chi connectivity index (χ4v) is 2.43. The van der Waals surface area contributed by atoms with Crippen LogP contribution in [0.2, 0.25) is 0 Å². The monoisotopic (exact) mass is 377 g/mol. The summed E-state index contributed by atoms with van der Waals surface area (Å²) < 4.78 is 18.6. The zero-order valence-electron chi connectivity index (χ0n) is 10.8. The molecular formula is C14H17FINO2. The van der Waals surface area contributed by atoms with Gasteiger partial charge in [-0.3, -0.25) is 4.79 Å². The van der Waals surface area contributed by atoms with Crippen LogP contribution >= 0.6 is 22.6 Å². The highest BCUT2D eigenvalue weighted by Gasteiger charge is 2.38. The van der Waals surface area contributed by atoms with Crippen molar-refractivity contribution in [3.05, 3.63) is 35.6 Å². The summed E-state index contributed by atoms with van der Waals surface area (Å²) in [6, 6.07) is 6.26. The van der Waals surface area contributed by atoms with Crippen LogP contribution in [-0.4, -0.2) is 23.0 Å². The van der Waals surface area contributed by atoms with Gasteiger partial charge in [0.1, 0.15) is 15.3 Å². The number of benzene rings is 1. The van der Waals surface area contributed by atoms with Crippen molar-refractivity contribution in [1.29, 1.82) is 0 Å². The third kappa shape index (κ3) is 3.45. The van der Waals surface area contributed by atoms with E-state index >= 15 is 0 Å².